The monoisotopic (exact) mass is 204 g/mol. The summed E-state index contributed by atoms with van der Waals surface area (Å²) in [5, 5.41) is 0. The van der Waals surface area contributed by atoms with Gasteiger partial charge in [0.15, 0.2) is 0 Å². The van der Waals surface area contributed by atoms with Crippen LogP contribution in [-0.4, -0.2) is 65.3 Å². The molecule has 0 unspecified atom stereocenters. The molecule has 4 heteroatoms. The summed E-state index contributed by atoms with van der Waals surface area (Å²) < 4.78 is 2.00. The van der Waals surface area contributed by atoms with Crippen LogP contribution in [-0.2, 0) is 5.48 Å². The molecular formula is C8H24ArN2O. The third kappa shape index (κ3) is 882. The second-order valence-electron chi connectivity index (χ2n) is 5.37. The Morgan fingerprint density at radius 1 is 0.500 bits per heavy atom. The summed E-state index contributed by atoms with van der Waals surface area (Å²) >= 11 is 0. The first-order valence-corrected chi connectivity index (χ1v) is 3.58. The molecule has 0 bridgehead atoms. The molecule has 0 amide bonds. The number of rotatable bonds is 0. The third-order valence-corrected chi connectivity index (χ3v) is 0. The SMILES string of the molecule is C[N+](C)(C)C.C[N+](C)(C)C.[Ar].[O-2]. The van der Waals surface area contributed by atoms with Crippen molar-refractivity contribution in [2.24, 2.45) is 0 Å². The van der Waals surface area contributed by atoms with Gasteiger partial charge in [-0.2, -0.15) is 0 Å². The Kier molecular flexibility index (Phi) is 16.9. The molecule has 3 nitrogen and oxygen atoms in total. The molecule has 0 radical (unpaired) electrons. The summed E-state index contributed by atoms with van der Waals surface area (Å²) in [5.74, 6) is 0. The van der Waals surface area contributed by atoms with Crippen LogP contribution in [0.1, 0.15) is 0 Å². The van der Waals surface area contributed by atoms with Crippen LogP contribution in [0.25, 0.3) is 0 Å². The maximum Gasteiger partial charge on any atom is 0.0675 e. The Labute approximate surface area is 108 Å². The molecule has 0 atom stereocenters. The van der Waals surface area contributed by atoms with Crippen LogP contribution in [0, 0.1) is 37.7 Å². The van der Waals surface area contributed by atoms with Crippen molar-refractivity contribution in [3.05, 3.63) is 0 Å². The molecule has 0 aromatic heterocycles. The van der Waals surface area contributed by atoms with Crippen molar-refractivity contribution in [2.75, 3.05) is 56.4 Å². The van der Waals surface area contributed by atoms with E-state index < -0.39 is 0 Å². The zero-order chi connectivity index (χ0) is 9.00. The third-order valence-electron chi connectivity index (χ3n) is 0. The van der Waals surface area contributed by atoms with Crippen molar-refractivity contribution in [3.8, 4) is 0 Å². The van der Waals surface area contributed by atoms with Crippen LogP contribution in [0.5, 0.6) is 0 Å². The average Bonchev–Trinajstić information content (AvgIpc) is 1.12. The predicted molar refractivity (Wildman–Crippen MR) is 48.6 cm³/mol. The first-order valence-electron chi connectivity index (χ1n) is 3.58. The average molecular weight is 204 g/mol. The predicted octanol–water partition coefficient (Wildman–Crippen LogP) is 0.526. The number of quaternary nitrogens is 2. The van der Waals surface area contributed by atoms with Gasteiger partial charge < -0.3 is 14.4 Å². The fraction of sp³-hybridized carbons (Fsp3) is 1.00. The molecule has 0 aromatic rings. The van der Waals surface area contributed by atoms with Crippen molar-refractivity contribution in [1.29, 1.82) is 0 Å². The molecule has 0 aliphatic heterocycles. The molecule has 0 N–H and O–H groups in total. The number of nitrogens with zero attached hydrogens (tertiary/aromatic N) is 2. The Bertz CT molecular complexity index is 60.0. The van der Waals surface area contributed by atoms with Crippen LogP contribution in [0.3, 0.4) is 0 Å². The molecule has 0 fully saturated rings. The van der Waals surface area contributed by atoms with Crippen molar-refractivity contribution in [1.82, 2.24) is 0 Å². The fourth-order valence-corrected chi connectivity index (χ4v) is 0. The minimum Gasteiger partial charge on any atom is -2.00 e. The van der Waals surface area contributed by atoms with E-state index in [1.807, 2.05) is 0 Å². The van der Waals surface area contributed by atoms with Gasteiger partial charge >= 0.3 is 0 Å². The van der Waals surface area contributed by atoms with Gasteiger partial charge in [0.25, 0.3) is 0 Å². The van der Waals surface area contributed by atoms with E-state index in [0.717, 1.165) is 8.97 Å². The van der Waals surface area contributed by atoms with Gasteiger partial charge in [-0.25, -0.2) is 0 Å². The summed E-state index contributed by atoms with van der Waals surface area (Å²) in [6.45, 7) is 0. The van der Waals surface area contributed by atoms with Gasteiger partial charge in [0.2, 0.25) is 0 Å². The summed E-state index contributed by atoms with van der Waals surface area (Å²) in [5.41, 5.74) is 0. The standard InChI is InChI=1S/2C4H12N.Ar.O/c2*1-5(2,3)4;;/h2*1-4H3;;/q2*+1;;-2. The number of hydrogen-bond acceptors (Lipinski definition) is 0. The Morgan fingerprint density at radius 2 is 0.500 bits per heavy atom. The molecule has 0 aromatic carbocycles. The first kappa shape index (κ1) is 23.2. The van der Waals surface area contributed by atoms with Gasteiger partial charge in [0.1, 0.15) is 0 Å². The Hall–Kier alpha value is 1.14. The molecule has 0 spiro atoms. The van der Waals surface area contributed by atoms with E-state index in [0.29, 0.717) is 0 Å². The molecule has 0 rings (SSSR count). The van der Waals surface area contributed by atoms with Crippen LogP contribution in [0.2, 0.25) is 0 Å². The van der Waals surface area contributed by atoms with Crippen LogP contribution >= 0.6 is 0 Å². The van der Waals surface area contributed by atoms with Gasteiger partial charge in [-0.15, -0.1) is 0 Å². The van der Waals surface area contributed by atoms with Crippen molar-refractivity contribution in [2.45, 2.75) is 0 Å². The molecule has 80 valence electrons. The van der Waals surface area contributed by atoms with Gasteiger partial charge in [-0.05, 0) is 0 Å². The molecule has 0 saturated heterocycles. The molecule has 0 aliphatic rings. The normalized spacial score (nSPS) is 10.0. The quantitative estimate of drug-likeness (QED) is 0.515. The van der Waals surface area contributed by atoms with E-state index in [4.69, 9.17) is 0 Å². The van der Waals surface area contributed by atoms with Crippen molar-refractivity contribution >= 4 is 0 Å². The van der Waals surface area contributed by atoms with Gasteiger partial charge in [0.05, 0.1) is 56.4 Å². The maximum absolute atomic E-state index is 2.12. The molecule has 0 aliphatic carbocycles. The van der Waals surface area contributed by atoms with Crippen LogP contribution in [0.4, 0.5) is 0 Å². The van der Waals surface area contributed by atoms with Gasteiger partial charge in [-0.1, -0.05) is 0 Å². The van der Waals surface area contributed by atoms with Crippen LogP contribution in [0.15, 0.2) is 0 Å². The van der Waals surface area contributed by atoms with Crippen LogP contribution < -0.4 is 0 Å². The van der Waals surface area contributed by atoms with Crippen molar-refractivity contribution < 1.29 is 52.2 Å². The Morgan fingerprint density at radius 3 is 0.500 bits per heavy atom. The fourth-order valence-electron chi connectivity index (χ4n) is 0. The van der Waals surface area contributed by atoms with Gasteiger partial charge in [-0.3, -0.25) is 0 Å². The van der Waals surface area contributed by atoms with E-state index in [2.05, 4.69) is 56.4 Å². The summed E-state index contributed by atoms with van der Waals surface area (Å²) in [4.78, 5) is 0. The molecular weight excluding hydrogens is 180 g/mol. The van der Waals surface area contributed by atoms with Crippen molar-refractivity contribution in [3.63, 3.8) is 0 Å². The molecule has 0 heterocycles. The topological polar surface area (TPSA) is 28.5 Å². The first-order chi connectivity index (χ1) is 4.00. The summed E-state index contributed by atoms with van der Waals surface area (Å²) in [7, 11) is 17.0. The minimum atomic E-state index is 0. The largest absolute Gasteiger partial charge is 2.00 e. The van der Waals surface area contributed by atoms with E-state index in [-0.39, 0.29) is 43.2 Å². The van der Waals surface area contributed by atoms with E-state index in [1.165, 1.54) is 0 Å². The summed E-state index contributed by atoms with van der Waals surface area (Å²) in [6, 6.07) is 0. The second-order valence-corrected chi connectivity index (χ2v) is 5.37. The van der Waals surface area contributed by atoms with E-state index >= 15 is 0 Å². The zero-order valence-corrected chi connectivity index (χ0v) is 10.4. The minimum absolute atomic E-state index is 0. The van der Waals surface area contributed by atoms with E-state index in [1.54, 1.807) is 0 Å². The number of hydrogen-bond donors (Lipinski definition) is 0. The zero-order valence-electron chi connectivity index (χ0n) is 9.66. The second kappa shape index (κ2) is 8.73. The smallest absolute Gasteiger partial charge is 0.0675 e. The molecule has 12 heavy (non-hydrogen) atoms. The van der Waals surface area contributed by atoms with E-state index in [9.17, 15) is 0 Å². The van der Waals surface area contributed by atoms with Gasteiger partial charge in [0, 0.05) is 37.7 Å². The Balaban J connectivity index is -0.0000000457. The summed E-state index contributed by atoms with van der Waals surface area (Å²) in [6.07, 6.45) is 0. The maximum atomic E-state index is 2.12. The molecule has 0 saturated carbocycles.